The van der Waals surface area contributed by atoms with Crippen molar-refractivity contribution in [1.29, 1.82) is 0 Å². The highest BCUT2D eigenvalue weighted by molar-refractivity contribution is 4.17. The Bertz CT molecular complexity index is 31.5. The smallest absolute Gasteiger partial charge is 0.0819 e. The van der Waals surface area contributed by atoms with Crippen molar-refractivity contribution in [3.8, 4) is 0 Å². The lowest BCUT2D eigenvalue weighted by atomic mass is 10.5. The van der Waals surface area contributed by atoms with Crippen LogP contribution in [0.15, 0.2) is 0 Å². The van der Waals surface area contributed by atoms with Crippen LogP contribution in [0.4, 0.5) is 0 Å². The standard InChI is InChI=1S/C6H14O2/c1-3-5-7-8-6-4-2/h3-6H2,1-2H3. The lowest BCUT2D eigenvalue weighted by molar-refractivity contribution is -0.294. The van der Waals surface area contributed by atoms with Crippen LogP contribution in [-0.4, -0.2) is 13.2 Å². The lowest BCUT2D eigenvalue weighted by Crippen LogP contribution is -1.95. The highest BCUT2D eigenvalue weighted by atomic mass is 17.2. The maximum atomic E-state index is 4.72. The Labute approximate surface area is 50.7 Å². The molecule has 0 atom stereocenters. The SMILES string of the molecule is CCCOOCCC. The Hall–Kier alpha value is -0.0800. The third-order valence-corrected chi connectivity index (χ3v) is 0.658. The molecule has 2 heteroatoms. The molecule has 0 saturated carbocycles. The van der Waals surface area contributed by atoms with Crippen molar-refractivity contribution in [3.05, 3.63) is 0 Å². The van der Waals surface area contributed by atoms with Gasteiger partial charge in [0.25, 0.3) is 0 Å². The number of hydrogen-bond acceptors (Lipinski definition) is 2. The number of rotatable bonds is 5. The molecule has 8 heavy (non-hydrogen) atoms. The molecule has 0 amide bonds. The van der Waals surface area contributed by atoms with Crippen LogP contribution in [0, 0.1) is 0 Å². The summed E-state index contributed by atoms with van der Waals surface area (Å²) in [5.41, 5.74) is 0. The number of hydrogen-bond donors (Lipinski definition) is 0. The summed E-state index contributed by atoms with van der Waals surface area (Å²) in [6.45, 7) is 5.52. The molecular formula is C6H14O2. The van der Waals surface area contributed by atoms with Crippen LogP contribution >= 0.6 is 0 Å². The van der Waals surface area contributed by atoms with Gasteiger partial charge in [0, 0.05) is 0 Å². The van der Waals surface area contributed by atoms with Crippen LogP contribution < -0.4 is 0 Å². The lowest BCUT2D eigenvalue weighted by Gasteiger charge is -1.97. The fourth-order valence-electron chi connectivity index (χ4n) is 0.285. The van der Waals surface area contributed by atoms with E-state index in [1.807, 2.05) is 0 Å². The van der Waals surface area contributed by atoms with Crippen molar-refractivity contribution < 1.29 is 9.78 Å². The summed E-state index contributed by atoms with van der Waals surface area (Å²) < 4.78 is 0. The van der Waals surface area contributed by atoms with Gasteiger partial charge in [-0.3, -0.25) is 0 Å². The van der Waals surface area contributed by atoms with E-state index in [1.54, 1.807) is 0 Å². The zero-order valence-corrected chi connectivity index (χ0v) is 5.64. The van der Waals surface area contributed by atoms with Gasteiger partial charge in [0.05, 0.1) is 13.2 Å². The molecule has 0 bridgehead atoms. The Balaban J connectivity index is 2.53. The van der Waals surface area contributed by atoms with Gasteiger partial charge in [0.2, 0.25) is 0 Å². The van der Waals surface area contributed by atoms with Gasteiger partial charge in [-0.25, -0.2) is 9.78 Å². The molecule has 0 aliphatic rings. The fraction of sp³-hybridized carbons (Fsp3) is 1.00. The minimum atomic E-state index is 0.708. The molecule has 0 unspecified atom stereocenters. The van der Waals surface area contributed by atoms with Crippen molar-refractivity contribution in [2.75, 3.05) is 13.2 Å². The van der Waals surface area contributed by atoms with E-state index in [0.717, 1.165) is 12.8 Å². The predicted molar refractivity (Wildman–Crippen MR) is 32.5 cm³/mol. The molecule has 2 nitrogen and oxygen atoms in total. The summed E-state index contributed by atoms with van der Waals surface area (Å²) in [4.78, 5) is 9.45. The van der Waals surface area contributed by atoms with Crippen molar-refractivity contribution >= 4 is 0 Å². The minimum absolute atomic E-state index is 0.708. The van der Waals surface area contributed by atoms with Crippen molar-refractivity contribution in [3.63, 3.8) is 0 Å². The summed E-state index contributed by atoms with van der Waals surface area (Å²) in [6, 6.07) is 0. The molecule has 0 aromatic rings. The first kappa shape index (κ1) is 7.92. The zero-order chi connectivity index (χ0) is 6.24. The Morgan fingerprint density at radius 1 is 0.875 bits per heavy atom. The monoisotopic (exact) mass is 118 g/mol. The van der Waals surface area contributed by atoms with Crippen molar-refractivity contribution in [2.45, 2.75) is 26.7 Å². The largest absolute Gasteiger partial charge is 0.237 e. The molecule has 0 fully saturated rings. The van der Waals surface area contributed by atoms with E-state index in [9.17, 15) is 0 Å². The molecule has 50 valence electrons. The predicted octanol–water partition coefficient (Wildman–Crippen LogP) is 1.75. The van der Waals surface area contributed by atoms with Crippen LogP contribution in [-0.2, 0) is 9.78 Å². The normalized spacial score (nSPS) is 9.75. The van der Waals surface area contributed by atoms with Gasteiger partial charge in [0.1, 0.15) is 0 Å². The molecule has 0 aliphatic carbocycles. The summed E-state index contributed by atoms with van der Waals surface area (Å²) >= 11 is 0. The van der Waals surface area contributed by atoms with Crippen LogP contribution in [0.1, 0.15) is 26.7 Å². The van der Waals surface area contributed by atoms with Gasteiger partial charge in [0.15, 0.2) is 0 Å². The van der Waals surface area contributed by atoms with E-state index >= 15 is 0 Å². The Morgan fingerprint density at radius 3 is 1.50 bits per heavy atom. The van der Waals surface area contributed by atoms with Gasteiger partial charge in [-0.05, 0) is 12.8 Å². The van der Waals surface area contributed by atoms with Crippen molar-refractivity contribution in [1.82, 2.24) is 0 Å². The minimum Gasteiger partial charge on any atom is -0.237 e. The van der Waals surface area contributed by atoms with Crippen LogP contribution in [0.5, 0.6) is 0 Å². The van der Waals surface area contributed by atoms with E-state index in [1.165, 1.54) is 0 Å². The van der Waals surface area contributed by atoms with Gasteiger partial charge >= 0.3 is 0 Å². The maximum absolute atomic E-state index is 4.72. The van der Waals surface area contributed by atoms with Gasteiger partial charge in [-0.1, -0.05) is 13.8 Å². The average Bonchev–Trinajstić information content (AvgIpc) is 1.81. The molecule has 0 saturated heterocycles. The molecule has 0 aromatic carbocycles. The Kier molecular flexibility index (Phi) is 6.85. The molecule has 0 aliphatic heterocycles. The summed E-state index contributed by atoms with van der Waals surface area (Å²) in [6.07, 6.45) is 2.04. The maximum Gasteiger partial charge on any atom is 0.0819 e. The van der Waals surface area contributed by atoms with E-state index in [4.69, 9.17) is 9.78 Å². The van der Waals surface area contributed by atoms with E-state index in [2.05, 4.69) is 13.8 Å². The molecule has 0 aromatic heterocycles. The highest BCUT2D eigenvalue weighted by Gasteiger charge is 1.81. The quantitative estimate of drug-likeness (QED) is 0.311. The third-order valence-electron chi connectivity index (χ3n) is 0.658. The second kappa shape index (κ2) is 6.92. The fourth-order valence-corrected chi connectivity index (χ4v) is 0.285. The van der Waals surface area contributed by atoms with E-state index < -0.39 is 0 Å². The first-order chi connectivity index (χ1) is 3.91. The molecular weight excluding hydrogens is 104 g/mol. The van der Waals surface area contributed by atoms with Gasteiger partial charge < -0.3 is 0 Å². The molecule has 0 spiro atoms. The third kappa shape index (κ3) is 5.92. The topological polar surface area (TPSA) is 18.5 Å². The molecule has 0 rings (SSSR count). The van der Waals surface area contributed by atoms with Crippen LogP contribution in [0.25, 0.3) is 0 Å². The molecule has 0 N–H and O–H groups in total. The highest BCUT2D eigenvalue weighted by Crippen LogP contribution is 1.83. The molecule has 0 heterocycles. The summed E-state index contributed by atoms with van der Waals surface area (Å²) in [5, 5.41) is 0. The summed E-state index contributed by atoms with van der Waals surface area (Å²) in [5.74, 6) is 0. The van der Waals surface area contributed by atoms with Crippen molar-refractivity contribution in [2.24, 2.45) is 0 Å². The van der Waals surface area contributed by atoms with E-state index in [-0.39, 0.29) is 0 Å². The van der Waals surface area contributed by atoms with Crippen LogP contribution in [0.3, 0.4) is 0 Å². The van der Waals surface area contributed by atoms with Gasteiger partial charge in [-0.2, -0.15) is 0 Å². The van der Waals surface area contributed by atoms with Gasteiger partial charge in [-0.15, -0.1) is 0 Å². The Morgan fingerprint density at radius 2 is 1.25 bits per heavy atom. The summed E-state index contributed by atoms with van der Waals surface area (Å²) in [7, 11) is 0. The van der Waals surface area contributed by atoms with E-state index in [0.29, 0.717) is 13.2 Å². The molecule has 0 radical (unpaired) electrons. The first-order valence-corrected chi connectivity index (χ1v) is 3.16. The average molecular weight is 118 g/mol. The second-order valence-electron chi connectivity index (χ2n) is 1.64. The second-order valence-corrected chi connectivity index (χ2v) is 1.64. The zero-order valence-electron chi connectivity index (χ0n) is 5.64. The first-order valence-electron chi connectivity index (χ1n) is 3.16. The van der Waals surface area contributed by atoms with Crippen LogP contribution in [0.2, 0.25) is 0 Å².